The standard InChI is InChI=1S/C36H30F10O3/c1-2-3-14-47-24-8-4-20(5-9-24)21-6-11-27(28(37)15-21)23-17-31(40)34(32(41)18-23)35(42,43)48-25-10-12-26(29(38)19-25)22-7-13-33(30(39)16-22)49-36(44,45)46/h6-7,10-13,15-20,24H,2-5,8-9,14H2,1H3. The van der Waals surface area contributed by atoms with Crippen LogP contribution in [0.5, 0.6) is 11.5 Å². The van der Waals surface area contributed by atoms with Gasteiger partial charge in [-0.2, -0.15) is 8.78 Å². The van der Waals surface area contributed by atoms with Gasteiger partial charge < -0.3 is 14.2 Å². The molecule has 0 amide bonds. The maximum absolute atomic E-state index is 15.2. The van der Waals surface area contributed by atoms with Crippen molar-refractivity contribution in [3.8, 4) is 33.8 Å². The Kier molecular flexibility index (Phi) is 10.8. The molecular formula is C36H30F10O3. The molecule has 4 aromatic carbocycles. The molecule has 5 rings (SSSR count). The molecule has 13 heteroatoms. The van der Waals surface area contributed by atoms with Crippen LogP contribution >= 0.6 is 0 Å². The highest BCUT2D eigenvalue weighted by molar-refractivity contribution is 5.67. The zero-order valence-electron chi connectivity index (χ0n) is 26.0. The Morgan fingerprint density at radius 3 is 1.84 bits per heavy atom. The van der Waals surface area contributed by atoms with Crippen LogP contribution in [-0.2, 0) is 10.8 Å². The first-order valence-corrected chi connectivity index (χ1v) is 15.5. The number of hydrogen-bond donors (Lipinski definition) is 0. The topological polar surface area (TPSA) is 27.7 Å². The van der Waals surface area contributed by atoms with Gasteiger partial charge in [-0.05, 0) is 97.2 Å². The van der Waals surface area contributed by atoms with Gasteiger partial charge >= 0.3 is 12.5 Å². The van der Waals surface area contributed by atoms with E-state index in [1.165, 1.54) is 12.1 Å². The third kappa shape index (κ3) is 8.67. The number of halogens is 10. The highest BCUT2D eigenvalue weighted by Gasteiger charge is 2.41. The molecular weight excluding hydrogens is 670 g/mol. The van der Waals surface area contributed by atoms with E-state index in [-0.39, 0.29) is 28.7 Å². The van der Waals surface area contributed by atoms with Gasteiger partial charge in [-0.15, -0.1) is 13.2 Å². The quantitative estimate of drug-likeness (QED) is 0.115. The number of ether oxygens (including phenoxy) is 3. The van der Waals surface area contributed by atoms with Crippen molar-refractivity contribution in [1.29, 1.82) is 0 Å². The monoisotopic (exact) mass is 700 g/mol. The number of rotatable bonds is 11. The molecule has 1 aliphatic rings. The molecule has 1 saturated carbocycles. The Morgan fingerprint density at radius 1 is 0.633 bits per heavy atom. The van der Waals surface area contributed by atoms with Crippen molar-refractivity contribution < 1.29 is 58.1 Å². The molecule has 0 heterocycles. The molecule has 0 aliphatic heterocycles. The first-order chi connectivity index (χ1) is 23.1. The van der Waals surface area contributed by atoms with E-state index in [1.807, 2.05) is 0 Å². The molecule has 262 valence electrons. The van der Waals surface area contributed by atoms with Gasteiger partial charge in [0.1, 0.15) is 34.6 Å². The van der Waals surface area contributed by atoms with Crippen LogP contribution in [0.4, 0.5) is 43.9 Å². The Bertz CT molecular complexity index is 1760. The third-order valence-electron chi connectivity index (χ3n) is 8.29. The van der Waals surface area contributed by atoms with E-state index in [0.29, 0.717) is 42.5 Å². The lowest BCUT2D eigenvalue weighted by molar-refractivity contribution is -0.275. The molecule has 0 aromatic heterocycles. The molecule has 0 bridgehead atoms. The van der Waals surface area contributed by atoms with E-state index in [2.05, 4.69) is 16.4 Å². The van der Waals surface area contributed by atoms with E-state index in [4.69, 9.17) is 4.74 Å². The van der Waals surface area contributed by atoms with Gasteiger partial charge in [0.25, 0.3) is 0 Å². The zero-order valence-corrected chi connectivity index (χ0v) is 26.0. The van der Waals surface area contributed by atoms with Gasteiger partial charge in [0.05, 0.1) is 6.10 Å². The molecule has 0 unspecified atom stereocenters. The number of alkyl halides is 5. The van der Waals surface area contributed by atoms with Crippen molar-refractivity contribution in [2.24, 2.45) is 0 Å². The summed E-state index contributed by atoms with van der Waals surface area (Å²) in [5.74, 6) is -9.01. The van der Waals surface area contributed by atoms with E-state index in [9.17, 15) is 22.0 Å². The number of hydrogen-bond acceptors (Lipinski definition) is 3. The number of benzene rings is 4. The van der Waals surface area contributed by atoms with Crippen LogP contribution in [0.25, 0.3) is 22.3 Å². The van der Waals surface area contributed by atoms with Crippen molar-refractivity contribution in [2.45, 2.75) is 69.9 Å². The predicted octanol–water partition coefficient (Wildman–Crippen LogP) is 11.6. The Hall–Kier alpha value is -4.26. The first-order valence-electron chi connectivity index (χ1n) is 15.5. The van der Waals surface area contributed by atoms with Crippen molar-refractivity contribution in [2.75, 3.05) is 6.61 Å². The van der Waals surface area contributed by atoms with Crippen molar-refractivity contribution in [3.63, 3.8) is 0 Å². The van der Waals surface area contributed by atoms with Crippen LogP contribution in [-0.4, -0.2) is 19.1 Å². The highest BCUT2D eigenvalue weighted by Crippen LogP contribution is 2.40. The summed E-state index contributed by atoms with van der Waals surface area (Å²) in [7, 11) is 0. The fourth-order valence-corrected chi connectivity index (χ4v) is 5.85. The fraction of sp³-hybridized carbons (Fsp3) is 0.333. The van der Waals surface area contributed by atoms with Crippen LogP contribution in [0.15, 0.2) is 66.7 Å². The highest BCUT2D eigenvalue weighted by atomic mass is 19.4. The lowest BCUT2D eigenvalue weighted by Gasteiger charge is -2.29. The van der Waals surface area contributed by atoms with Gasteiger partial charge in [-0.1, -0.05) is 31.5 Å². The van der Waals surface area contributed by atoms with Crippen LogP contribution in [0.1, 0.15) is 62.5 Å². The van der Waals surface area contributed by atoms with Crippen molar-refractivity contribution >= 4 is 0 Å². The Morgan fingerprint density at radius 2 is 1.24 bits per heavy atom. The van der Waals surface area contributed by atoms with E-state index >= 15 is 22.0 Å². The summed E-state index contributed by atoms with van der Waals surface area (Å²) in [5.41, 5.74) is -2.32. The van der Waals surface area contributed by atoms with Crippen LogP contribution in [0, 0.1) is 29.1 Å². The molecule has 1 fully saturated rings. The van der Waals surface area contributed by atoms with E-state index in [0.717, 1.165) is 56.7 Å². The minimum Gasteiger partial charge on any atom is -0.429 e. The van der Waals surface area contributed by atoms with Gasteiger partial charge in [0, 0.05) is 23.8 Å². The molecule has 0 N–H and O–H groups in total. The van der Waals surface area contributed by atoms with Gasteiger partial charge in [0.15, 0.2) is 11.6 Å². The Balaban J connectivity index is 1.29. The molecule has 1 aliphatic carbocycles. The zero-order chi connectivity index (χ0) is 35.5. The second-order valence-electron chi connectivity index (χ2n) is 11.7. The van der Waals surface area contributed by atoms with Crippen molar-refractivity contribution in [1.82, 2.24) is 0 Å². The lowest BCUT2D eigenvalue weighted by Crippen LogP contribution is -2.25. The smallest absolute Gasteiger partial charge is 0.429 e. The summed E-state index contributed by atoms with van der Waals surface area (Å²) in [5, 5.41) is 0. The predicted molar refractivity (Wildman–Crippen MR) is 161 cm³/mol. The summed E-state index contributed by atoms with van der Waals surface area (Å²) in [6.07, 6.45) is -4.49. The molecule has 49 heavy (non-hydrogen) atoms. The largest absolute Gasteiger partial charge is 0.573 e. The summed E-state index contributed by atoms with van der Waals surface area (Å²) in [6.45, 7) is 2.77. The van der Waals surface area contributed by atoms with Crippen molar-refractivity contribution in [3.05, 3.63) is 107 Å². The summed E-state index contributed by atoms with van der Waals surface area (Å²) in [4.78, 5) is 0. The second kappa shape index (κ2) is 14.7. The maximum atomic E-state index is 15.2. The van der Waals surface area contributed by atoms with Gasteiger partial charge in [-0.3, -0.25) is 0 Å². The average molecular weight is 701 g/mol. The molecule has 0 atom stereocenters. The molecule has 0 radical (unpaired) electrons. The fourth-order valence-electron chi connectivity index (χ4n) is 5.85. The average Bonchev–Trinajstić information content (AvgIpc) is 3.01. The Labute approximate surface area is 275 Å². The SMILES string of the molecule is CCCCOC1CCC(c2ccc(-c3cc(F)c(C(F)(F)Oc4ccc(-c5ccc(OC(F)(F)F)c(F)c5)c(F)c4)c(F)c3)c(F)c2)CC1. The first kappa shape index (κ1) is 36.0. The maximum Gasteiger partial charge on any atom is 0.573 e. The summed E-state index contributed by atoms with van der Waals surface area (Å²) in [6, 6.07) is 9.43. The molecule has 4 aromatic rings. The lowest BCUT2D eigenvalue weighted by atomic mass is 9.82. The van der Waals surface area contributed by atoms with Gasteiger partial charge in [0.2, 0.25) is 0 Å². The van der Waals surface area contributed by atoms with Gasteiger partial charge in [-0.25, -0.2) is 22.0 Å². The second-order valence-corrected chi connectivity index (χ2v) is 11.7. The van der Waals surface area contributed by atoms with Crippen LogP contribution < -0.4 is 9.47 Å². The summed E-state index contributed by atoms with van der Waals surface area (Å²) >= 11 is 0. The third-order valence-corrected chi connectivity index (χ3v) is 8.29. The van der Waals surface area contributed by atoms with Crippen LogP contribution in [0.2, 0.25) is 0 Å². The molecule has 0 saturated heterocycles. The molecule has 0 spiro atoms. The minimum atomic E-state index is -5.18. The minimum absolute atomic E-state index is 0.0692. The normalized spacial score (nSPS) is 16.9. The number of unbranched alkanes of at least 4 members (excludes halogenated alkanes) is 1. The van der Waals surface area contributed by atoms with E-state index < -0.39 is 64.2 Å². The van der Waals surface area contributed by atoms with Crippen LogP contribution in [0.3, 0.4) is 0 Å². The summed E-state index contributed by atoms with van der Waals surface area (Å²) < 4.78 is 155. The van der Waals surface area contributed by atoms with E-state index in [1.54, 1.807) is 6.07 Å². The molecule has 3 nitrogen and oxygen atoms in total.